The second-order valence-corrected chi connectivity index (χ2v) is 6.93. The minimum absolute atomic E-state index is 0.0252. The van der Waals surface area contributed by atoms with Crippen LogP contribution >= 0.6 is 0 Å². The Morgan fingerprint density at radius 3 is 2.44 bits per heavy atom. The van der Waals surface area contributed by atoms with E-state index in [1.807, 2.05) is 30.3 Å². The van der Waals surface area contributed by atoms with Gasteiger partial charge in [0.25, 0.3) is 0 Å². The highest BCUT2D eigenvalue weighted by molar-refractivity contribution is 7.83. The van der Waals surface area contributed by atoms with Crippen molar-refractivity contribution in [3.8, 4) is 11.3 Å². The molecule has 130 valence electrons. The lowest BCUT2D eigenvalue weighted by atomic mass is 10.1. The maximum Gasteiger partial charge on any atom is 0.416 e. The van der Waals surface area contributed by atoms with Crippen LogP contribution < -0.4 is 0 Å². The summed E-state index contributed by atoms with van der Waals surface area (Å²) < 4.78 is 55.6. The first kappa shape index (κ1) is 17.4. The van der Waals surface area contributed by atoms with Crippen LogP contribution in [0.5, 0.6) is 0 Å². The molecule has 2 aromatic carbocycles. The lowest BCUT2D eigenvalue weighted by molar-refractivity contribution is -0.137. The number of hydrogen-bond acceptors (Lipinski definition) is 3. The lowest BCUT2D eigenvalue weighted by Crippen LogP contribution is -2.06. The third kappa shape index (κ3) is 4.57. The Labute approximate surface area is 144 Å². The Bertz CT molecular complexity index is 875. The molecule has 3 rings (SSSR count). The van der Waals surface area contributed by atoms with Crippen molar-refractivity contribution in [2.24, 2.45) is 0 Å². The summed E-state index contributed by atoms with van der Waals surface area (Å²) in [5.74, 6) is 0.705. The third-order valence-corrected chi connectivity index (χ3v) is 4.78. The molecule has 0 spiro atoms. The summed E-state index contributed by atoms with van der Waals surface area (Å²) in [6, 6.07) is 15.9. The summed E-state index contributed by atoms with van der Waals surface area (Å²) in [6.07, 6.45) is -4.41. The van der Waals surface area contributed by atoms with Crippen LogP contribution in [-0.2, 0) is 28.5 Å². The molecule has 7 heteroatoms. The molecule has 0 fully saturated rings. The van der Waals surface area contributed by atoms with Crippen LogP contribution in [0.3, 0.4) is 0 Å². The largest absolute Gasteiger partial charge is 0.416 e. The first-order chi connectivity index (χ1) is 11.9. The topological polar surface area (TPSA) is 43.1 Å². The Morgan fingerprint density at radius 1 is 0.960 bits per heavy atom. The molecule has 1 aromatic heterocycles. The van der Waals surface area contributed by atoms with E-state index in [1.54, 1.807) is 6.07 Å². The number of benzene rings is 2. The number of halogens is 3. The highest BCUT2D eigenvalue weighted by Gasteiger charge is 2.30. The summed E-state index contributed by atoms with van der Waals surface area (Å²) in [4.78, 5) is 0. The first-order valence-electron chi connectivity index (χ1n) is 7.44. The molecule has 0 amide bonds. The van der Waals surface area contributed by atoms with Crippen LogP contribution in [0, 0.1) is 0 Å². The molecule has 0 aliphatic rings. The first-order valence-corrected chi connectivity index (χ1v) is 8.93. The molecule has 25 heavy (non-hydrogen) atoms. The van der Waals surface area contributed by atoms with Crippen molar-refractivity contribution in [2.75, 3.05) is 0 Å². The molecule has 0 bridgehead atoms. The van der Waals surface area contributed by atoms with Gasteiger partial charge in [0.05, 0.1) is 17.0 Å². The molecule has 0 saturated carbocycles. The monoisotopic (exact) mass is 365 g/mol. The second-order valence-electron chi connectivity index (χ2n) is 5.48. The molecule has 3 nitrogen and oxygen atoms in total. The molecule has 1 heterocycles. The summed E-state index contributed by atoms with van der Waals surface area (Å²) >= 11 is 0. The Morgan fingerprint density at radius 2 is 1.72 bits per heavy atom. The summed E-state index contributed by atoms with van der Waals surface area (Å²) in [6.45, 7) is 0. The summed E-state index contributed by atoms with van der Waals surface area (Å²) in [7, 11) is -1.39. The van der Waals surface area contributed by atoms with Crippen molar-refractivity contribution in [3.05, 3.63) is 77.5 Å². The third-order valence-electron chi connectivity index (χ3n) is 3.51. The number of aromatic nitrogens is 1. The Kier molecular flexibility index (Phi) is 5.03. The number of hydrogen-bond donors (Lipinski definition) is 0. The van der Waals surface area contributed by atoms with E-state index in [2.05, 4.69) is 5.16 Å². The van der Waals surface area contributed by atoms with E-state index in [1.165, 1.54) is 12.1 Å². The van der Waals surface area contributed by atoms with Crippen LogP contribution in [0.15, 0.2) is 65.2 Å². The zero-order chi connectivity index (χ0) is 17.9. The van der Waals surface area contributed by atoms with Crippen LogP contribution in [-0.4, -0.2) is 9.37 Å². The van der Waals surface area contributed by atoms with Crippen LogP contribution in [0.2, 0.25) is 0 Å². The lowest BCUT2D eigenvalue weighted by Gasteiger charge is -2.08. The summed E-state index contributed by atoms with van der Waals surface area (Å²) in [5, 5.41) is 3.88. The molecule has 0 aliphatic carbocycles. The molecule has 0 radical (unpaired) electrons. The predicted molar refractivity (Wildman–Crippen MR) is 88.9 cm³/mol. The van der Waals surface area contributed by atoms with Gasteiger partial charge in [-0.2, -0.15) is 13.2 Å². The fraction of sp³-hybridized carbons (Fsp3) is 0.167. The Balaban J connectivity index is 1.67. The minimum atomic E-state index is -4.41. The standard InChI is InChI=1S/C18H14F3NO2S/c19-18(20,21)15-8-4-5-13(9-15)11-25(23)12-16-10-17(24-22-16)14-6-2-1-3-7-14/h1-10H,11-12H2. The van der Waals surface area contributed by atoms with E-state index in [0.717, 1.165) is 17.7 Å². The van der Waals surface area contributed by atoms with Gasteiger partial charge < -0.3 is 4.52 Å². The van der Waals surface area contributed by atoms with E-state index in [0.29, 0.717) is 17.0 Å². The molecule has 0 N–H and O–H groups in total. The fourth-order valence-corrected chi connectivity index (χ4v) is 3.48. The van der Waals surface area contributed by atoms with Gasteiger partial charge in [-0.3, -0.25) is 4.21 Å². The van der Waals surface area contributed by atoms with Gasteiger partial charge in [-0.25, -0.2) is 0 Å². The van der Waals surface area contributed by atoms with Crippen molar-refractivity contribution in [1.29, 1.82) is 0 Å². The maximum absolute atomic E-state index is 12.7. The molecule has 0 aliphatic heterocycles. The second kappa shape index (κ2) is 7.23. The van der Waals surface area contributed by atoms with Gasteiger partial charge in [0.2, 0.25) is 0 Å². The van der Waals surface area contributed by atoms with Gasteiger partial charge in [0.15, 0.2) is 5.76 Å². The Hall–Kier alpha value is -2.41. The van der Waals surface area contributed by atoms with Crippen molar-refractivity contribution in [1.82, 2.24) is 5.16 Å². The van der Waals surface area contributed by atoms with Gasteiger partial charge in [-0.1, -0.05) is 53.7 Å². The average molecular weight is 365 g/mol. The number of rotatable bonds is 5. The summed E-state index contributed by atoms with van der Waals surface area (Å²) in [5.41, 5.74) is 0.990. The van der Waals surface area contributed by atoms with Gasteiger partial charge >= 0.3 is 6.18 Å². The molecule has 1 unspecified atom stereocenters. The zero-order valence-electron chi connectivity index (χ0n) is 13.0. The average Bonchev–Trinajstić information content (AvgIpc) is 3.03. The van der Waals surface area contributed by atoms with E-state index < -0.39 is 22.5 Å². The van der Waals surface area contributed by atoms with Crippen LogP contribution in [0.25, 0.3) is 11.3 Å². The minimum Gasteiger partial charge on any atom is -0.356 e. The van der Waals surface area contributed by atoms with Crippen LogP contribution in [0.4, 0.5) is 13.2 Å². The van der Waals surface area contributed by atoms with E-state index in [9.17, 15) is 17.4 Å². The van der Waals surface area contributed by atoms with Gasteiger partial charge in [0, 0.05) is 28.2 Å². The quantitative estimate of drug-likeness (QED) is 0.652. The predicted octanol–water partition coefficient (Wildman–Crippen LogP) is 4.81. The van der Waals surface area contributed by atoms with Crippen molar-refractivity contribution in [3.63, 3.8) is 0 Å². The van der Waals surface area contributed by atoms with E-state index in [-0.39, 0.29) is 11.5 Å². The van der Waals surface area contributed by atoms with Crippen molar-refractivity contribution >= 4 is 10.8 Å². The molecule has 3 aromatic rings. The van der Waals surface area contributed by atoms with Gasteiger partial charge in [0.1, 0.15) is 0 Å². The zero-order valence-corrected chi connectivity index (χ0v) is 13.8. The van der Waals surface area contributed by atoms with Gasteiger partial charge in [-0.15, -0.1) is 0 Å². The van der Waals surface area contributed by atoms with E-state index in [4.69, 9.17) is 4.52 Å². The smallest absolute Gasteiger partial charge is 0.356 e. The SMILES string of the molecule is O=S(Cc1cccc(C(F)(F)F)c1)Cc1cc(-c2ccccc2)on1. The van der Waals surface area contributed by atoms with Crippen molar-refractivity contribution < 1.29 is 21.9 Å². The molecule has 1 atom stereocenters. The molecular formula is C18H14F3NO2S. The number of alkyl halides is 3. The van der Waals surface area contributed by atoms with E-state index >= 15 is 0 Å². The van der Waals surface area contributed by atoms with Crippen molar-refractivity contribution in [2.45, 2.75) is 17.7 Å². The normalized spacial score (nSPS) is 12.9. The highest BCUT2D eigenvalue weighted by atomic mass is 32.2. The molecular weight excluding hydrogens is 351 g/mol. The highest BCUT2D eigenvalue weighted by Crippen LogP contribution is 2.30. The number of nitrogens with zero attached hydrogens (tertiary/aromatic N) is 1. The maximum atomic E-state index is 12.7. The fourth-order valence-electron chi connectivity index (χ4n) is 2.36. The van der Waals surface area contributed by atoms with Gasteiger partial charge in [-0.05, 0) is 11.6 Å². The molecule has 0 saturated heterocycles. The van der Waals surface area contributed by atoms with Crippen LogP contribution in [0.1, 0.15) is 16.8 Å².